The zero-order valence-corrected chi connectivity index (χ0v) is 19.1. The summed E-state index contributed by atoms with van der Waals surface area (Å²) in [6, 6.07) is 20.5. The van der Waals surface area contributed by atoms with E-state index in [-0.39, 0.29) is 31.0 Å². The van der Waals surface area contributed by atoms with Gasteiger partial charge in [-0.1, -0.05) is 48.5 Å². The summed E-state index contributed by atoms with van der Waals surface area (Å²) in [5.41, 5.74) is 3.50. The van der Waals surface area contributed by atoms with Gasteiger partial charge in [-0.3, -0.25) is 0 Å². The van der Waals surface area contributed by atoms with Crippen molar-refractivity contribution in [3.63, 3.8) is 0 Å². The van der Waals surface area contributed by atoms with Gasteiger partial charge < -0.3 is 19.9 Å². The topological polar surface area (TPSA) is 67.8 Å². The standard InChI is InChI=1S/C26H29NO4.ClH/c1-2-30-26(29)17-31-22-13-11-18-10-12-21(14-20(18)15-22)27-16-25(28)24-9-5-7-19-6-3-4-8-23(19)24;/h3-9,11,13,15,21,25,27-28H,2,10,12,14,16-17H2,1H3;1H/t21-,25+;/m0./s1. The molecule has 170 valence electrons. The number of fused-ring (bicyclic) bond motifs is 2. The number of nitrogens with one attached hydrogen (secondary N) is 1. The Balaban J connectivity index is 0.00000289. The van der Waals surface area contributed by atoms with E-state index in [1.54, 1.807) is 6.92 Å². The van der Waals surface area contributed by atoms with Gasteiger partial charge in [0.25, 0.3) is 0 Å². The molecule has 0 aliphatic heterocycles. The van der Waals surface area contributed by atoms with Gasteiger partial charge in [-0.25, -0.2) is 4.79 Å². The largest absolute Gasteiger partial charge is 0.482 e. The zero-order chi connectivity index (χ0) is 21.6. The van der Waals surface area contributed by atoms with Crippen molar-refractivity contribution >= 4 is 29.1 Å². The lowest BCUT2D eigenvalue weighted by atomic mass is 9.88. The molecule has 32 heavy (non-hydrogen) atoms. The second-order valence-corrected chi connectivity index (χ2v) is 7.96. The van der Waals surface area contributed by atoms with E-state index in [4.69, 9.17) is 9.47 Å². The first-order chi connectivity index (χ1) is 15.1. The summed E-state index contributed by atoms with van der Waals surface area (Å²) in [6.45, 7) is 2.56. The average molecular weight is 456 g/mol. The van der Waals surface area contributed by atoms with Gasteiger partial charge in [-0.15, -0.1) is 12.4 Å². The molecule has 0 bridgehead atoms. The highest BCUT2D eigenvalue weighted by Crippen LogP contribution is 2.27. The number of carbonyl (C=O) groups excluding carboxylic acids is 1. The minimum absolute atomic E-state index is 0. The van der Waals surface area contributed by atoms with E-state index in [0.29, 0.717) is 18.9 Å². The van der Waals surface area contributed by atoms with Crippen molar-refractivity contribution in [2.24, 2.45) is 0 Å². The third-order valence-electron chi connectivity index (χ3n) is 5.85. The Morgan fingerprint density at radius 2 is 1.94 bits per heavy atom. The van der Waals surface area contributed by atoms with Crippen LogP contribution < -0.4 is 10.1 Å². The van der Waals surface area contributed by atoms with E-state index < -0.39 is 6.10 Å². The highest BCUT2D eigenvalue weighted by atomic mass is 35.5. The Bertz CT molecular complexity index is 1050. The molecule has 5 nitrogen and oxygen atoms in total. The molecule has 0 spiro atoms. The summed E-state index contributed by atoms with van der Waals surface area (Å²) in [5.74, 6) is 0.324. The van der Waals surface area contributed by atoms with E-state index in [0.717, 1.165) is 35.6 Å². The Hall–Kier alpha value is -2.60. The molecule has 0 amide bonds. The summed E-state index contributed by atoms with van der Waals surface area (Å²) in [4.78, 5) is 11.5. The van der Waals surface area contributed by atoms with Crippen molar-refractivity contribution < 1.29 is 19.4 Å². The molecule has 1 aliphatic rings. The van der Waals surface area contributed by atoms with Crippen molar-refractivity contribution in [2.45, 2.75) is 38.3 Å². The van der Waals surface area contributed by atoms with E-state index >= 15 is 0 Å². The maximum absolute atomic E-state index is 11.5. The first-order valence-corrected chi connectivity index (χ1v) is 10.9. The molecule has 0 aromatic heterocycles. The van der Waals surface area contributed by atoms with Crippen LogP contribution in [-0.2, 0) is 22.4 Å². The van der Waals surface area contributed by atoms with Crippen LogP contribution in [0.1, 0.15) is 36.1 Å². The van der Waals surface area contributed by atoms with Gasteiger partial charge in [0.05, 0.1) is 12.7 Å². The second-order valence-electron chi connectivity index (χ2n) is 7.96. The smallest absolute Gasteiger partial charge is 0.344 e. The summed E-state index contributed by atoms with van der Waals surface area (Å²) < 4.78 is 10.5. The fraction of sp³-hybridized carbons (Fsp3) is 0.346. The molecule has 4 rings (SSSR count). The summed E-state index contributed by atoms with van der Waals surface area (Å²) in [6.07, 6.45) is 2.31. The van der Waals surface area contributed by atoms with Crippen LogP contribution in [0, 0.1) is 0 Å². The predicted octanol–water partition coefficient (Wildman–Crippen LogP) is 4.38. The highest BCUT2D eigenvalue weighted by molar-refractivity contribution is 5.86. The van der Waals surface area contributed by atoms with Gasteiger partial charge in [-0.05, 0) is 65.8 Å². The first kappa shape index (κ1) is 24.1. The van der Waals surface area contributed by atoms with Crippen LogP contribution >= 0.6 is 12.4 Å². The molecule has 3 aromatic carbocycles. The van der Waals surface area contributed by atoms with Gasteiger partial charge in [-0.2, -0.15) is 0 Å². The van der Waals surface area contributed by atoms with Crippen LogP contribution in [0.2, 0.25) is 0 Å². The van der Waals surface area contributed by atoms with Crippen LogP contribution in [0.25, 0.3) is 10.8 Å². The molecule has 0 fully saturated rings. The predicted molar refractivity (Wildman–Crippen MR) is 129 cm³/mol. The monoisotopic (exact) mass is 455 g/mol. The molecule has 2 N–H and O–H groups in total. The molecule has 0 radical (unpaired) electrons. The highest BCUT2D eigenvalue weighted by Gasteiger charge is 2.21. The number of carbonyl (C=O) groups is 1. The lowest BCUT2D eigenvalue weighted by Crippen LogP contribution is -2.37. The van der Waals surface area contributed by atoms with E-state index in [1.807, 2.05) is 36.4 Å². The number of esters is 1. The van der Waals surface area contributed by atoms with Crippen molar-refractivity contribution in [1.82, 2.24) is 5.32 Å². The summed E-state index contributed by atoms with van der Waals surface area (Å²) in [5, 5.41) is 16.6. The number of ether oxygens (including phenoxy) is 2. The van der Waals surface area contributed by atoms with E-state index in [9.17, 15) is 9.90 Å². The number of aryl methyl sites for hydroxylation is 1. The van der Waals surface area contributed by atoms with E-state index in [2.05, 4.69) is 29.6 Å². The lowest BCUT2D eigenvalue weighted by Gasteiger charge is -2.27. The van der Waals surface area contributed by atoms with Crippen LogP contribution in [-0.4, -0.2) is 36.9 Å². The average Bonchev–Trinajstić information content (AvgIpc) is 2.80. The molecule has 6 heteroatoms. The normalized spacial score (nSPS) is 16.0. The van der Waals surface area contributed by atoms with Crippen LogP contribution in [0.4, 0.5) is 0 Å². The molecule has 1 aliphatic carbocycles. The molecule has 0 heterocycles. The van der Waals surface area contributed by atoms with Crippen LogP contribution in [0.5, 0.6) is 5.75 Å². The summed E-state index contributed by atoms with van der Waals surface area (Å²) >= 11 is 0. The fourth-order valence-corrected chi connectivity index (χ4v) is 4.27. The Morgan fingerprint density at radius 1 is 1.12 bits per heavy atom. The minimum Gasteiger partial charge on any atom is -0.482 e. The quantitative estimate of drug-likeness (QED) is 0.493. The number of benzene rings is 3. The molecule has 0 saturated carbocycles. The minimum atomic E-state index is -0.563. The Labute approximate surface area is 195 Å². The number of hydrogen-bond donors (Lipinski definition) is 2. The lowest BCUT2D eigenvalue weighted by molar-refractivity contribution is -0.145. The first-order valence-electron chi connectivity index (χ1n) is 10.9. The van der Waals surface area contributed by atoms with Crippen molar-refractivity contribution in [3.05, 3.63) is 77.4 Å². The molecule has 0 saturated heterocycles. The Morgan fingerprint density at radius 3 is 2.78 bits per heavy atom. The molecular formula is C26H30ClNO4. The van der Waals surface area contributed by atoms with Gasteiger partial charge >= 0.3 is 5.97 Å². The zero-order valence-electron chi connectivity index (χ0n) is 18.3. The van der Waals surface area contributed by atoms with Crippen molar-refractivity contribution in [1.29, 1.82) is 0 Å². The van der Waals surface area contributed by atoms with Crippen molar-refractivity contribution in [3.8, 4) is 5.75 Å². The maximum Gasteiger partial charge on any atom is 0.344 e. The molecule has 3 aromatic rings. The maximum atomic E-state index is 11.5. The number of rotatable bonds is 8. The third-order valence-corrected chi connectivity index (χ3v) is 5.85. The van der Waals surface area contributed by atoms with Crippen LogP contribution in [0.15, 0.2) is 60.7 Å². The third kappa shape index (κ3) is 5.80. The number of halogens is 1. The van der Waals surface area contributed by atoms with Gasteiger partial charge in [0.2, 0.25) is 0 Å². The fourth-order valence-electron chi connectivity index (χ4n) is 4.27. The van der Waals surface area contributed by atoms with Crippen LogP contribution in [0.3, 0.4) is 0 Å². The summed E-state index contributed by atoms with van der Waals surface area (Å²) in [7, 11) is 0. The van der Waals surface area contributed by atoms with E-state index in [1.165, 1.54) is 11.1 Å². The SMILES string of the molecule is CCOC(=O)COc1ccc2c(c1)C[C@@H](NC[C@@H](O)c1cccc3ccccc13)CC2.Cl. The number of aliphatic hydroxyl groups excluding tert-OH is 1. The second kappa shape index (κ2) is 11.3. The Kier molecular flexibility index (Phi) is 8.51. The van der Waals surface area contributed by atoms with Gasteiger partial charge in [0.1, 0.15) is 5.75 Å². The van der Waals surface area contributed by atoms with Gasteiger partial charge in [0.15, 0.2) is 6.61 Å². The number of hydrogen-bond acceptors (Lipinski definition) is 5. The molecular weight excluding hydrogens is 426 g/mol. The molecule has 0 unspecified atom stereocenters. The molecule has 2 atom stereocenters. The van der Waals surface area contributed by atoms with Crippen molar-refractivity contribution in [2.75, 3.05) is 19.8 Å². The van der Waals surface area contributed by atoms with Gasteiger partial charge in [0, 0.05) is 12.6 Å². The number of aliphatic hydroxyl groups is 1.